The first-order valence-electron chi connectivity index (χ1n) is 5.27. The van der Waals surface area contributed by atoms with Gasteiger partial charge >= 0.3 is 5.97 Å². The smallest absolute Gasteiger partial charge is 0.345 e. The molecule has 0 aromatic carbocycles. The van der Waals surface area contributed by atoms with Crippen molar-refractivity contribution in [2.24, 2.45) is 0 Å². The fourth-order valence-corrected chi connectivity index (χ4v) is 1.77. The molecule has 4 nitrogen and oxygen atoms in total. The summed E-state index contributed by atoms with van der Waals surface area (Å²) in [5.74, 6) is -1.11. The Morgan fingerprint density at radius 3 is 2.94 bits per heavy atom. The Labute approximate surface area is 109 Å². The number of hydrogen-bond acceptors (Lipinski definition) is 5. The molecule has 0 bridgehead atoms. The minimum atomic E-state index is -0.584. The van der Waals surface area contributed by atoms with Crippen molar-refractivity contribution in [3.05, 3.63) is 34.7 Å². The minimum absolute atomic E-state index is 0.0503. The quantitative estimate of drug-likeness (QED) is 0.395. The number of carbonyl (C=O) groups is 1. The van der Waals surface area contributed by atoms with Crippen molar-refractivity contribution in [1.29, 1.82) is 5.41 Å². The predicted molar refractivity (Wildman–Crippen MR) is 69.8 cm³/mol. The van der Waals surface area contributed by atoms with Crippen LogP contribution in [0.2, 0.25) is 0 Å². The number of rotatable bonds is 4. The molecule has 0 saturated carbocycles. The molecule has 0 aliphatic carbocycles. The minimum Gasteiger partial charge on any atom is -0.462 e. The van der Waals surface area contributed by atoms with Crippen molar-refractivity contribution in [1.82, 2.24) is 4.98 Å². The van der Waals surface area contributed by atoms with Crippen molar-refractivity contribution in [3.63, 3.8) is 0 Å². The van der Waals surface area contributed by atoms with E-state index < -0.39 is 11.8 Å². The highest BCUT2D eigenvalue weighted by molar-refractivity contribution is 8.17. The molecule has 1 heterocycles. The van der Waals surface area contributed by atoms with Gasteiger partial charge in [-0.1, -0.05) is 11.8 Å². The first-order chi connectivity index (χ1) is 8.54. The van der Waals surface area contributed by atoms with Gasteiger partial charge in [0.15, 0.2) is 0 Å². The van der Waals surface area contributed by atoms with Crippen LogP contribution in [0.3, 0.4) is 0 Å². The highest BCUT2D eigenvalue weighted by Crippen LogP contribution is 2.22. The third kappa shape index (κ3) is 4.29. The van der Waals surface area contributed by atoms with E-state index >= 15 is 0 Å². The van der Waals surface area contributed by atoms with Crippen molar-refractivity contribution in [2.45, 2.75) is 13.8 Å². The molecule has 96 valence electrons. The Balaban J connectivity index is 3.06. The molecule has 18 heavy (non-hydrogen) atoms. The Bertz CT molecular complexity index is 489. The monoisotopic (exact) mass is 268 g/mol. The molecule has 0 saturated heterocycles. The third-order valence-corrected chi connectivity index (χ3v) is 2.61. The van der Waals surface area contributed by atoms with Crippen LogP contribution in [0.15, 0.2) is 23.2 Å². The van der Waals surface area contributed by atoms with E-state index in [0.717, 1.165) is 11.8 Å². The number of carbonyl (C=O) groups excluding carboxylic acids is 1. The molecule has 0 radical (unpaired) electrons. The van der Waals surface area contributed by atoms with Crippen LogP contribution in [0.25, 0.3) is 6.08 Å². The van der Waals surface area contributed by atoms with Crippen LogP contribution < -0.4 is 0 Å². The summed E-state index contributed by atoms with van der Waals surface area (Å²) in [4.78, 5) is 15.6. The maximum absolute atomic E-state index is 13.4. The number of aromatic nitrogens is 1. The molecule has 0 spiro atoms. The van der Waals surface area contributed by atoms with Crippen LogP contribution in [0.4, 0.5) is 4.39 Å². The predicted octanol–water partition coefficient (Wildman–Crippen LogP) is 2.86. The van der Waals surface area contributed by atoms with E-state index in [1.54, 1.807) is 6.92 Å². The number of ether oxygens (including phenoxy) is 1. The first-order valence-corrected chi connectivity index (χ1v) is 6.08. The van der Waals surface area contributed by atoms with Gasteiger partial charge in [0.1, 0.15) is 16.4 Å². The molecule has 6 heteroatoms. The highest BCUT2D eigenvalue weighted by atomic mass is 32.2. The van der Waals surface area contributed by atoms with Gasteiger partial charge in [-0.05, 0) is 32.1 Å². The molecule has 1 aromatic heterocycles. The van der Waals surface area contributed by atoms with Gasteiger partial charge in [-0.3, -0.25) is 10.4 Å². The van der Waals surface area contributed by atoms with Crippen molar-refractivity contribution >= 4 is 28.9 Å². The maximum atomic E-state index is 13.4. The summed E-state index contributed by atoms with van der Waals surface area (Å²) in [7, 11) is 0. The normalized spacial score (nSPS) is 11.2. The fourth-order valence-electron chi connectivity index (χ4n) is 1.13. The Morgan fingerprint density at radius 1 is 1.67 bits per heavy atom. The summed E-state index contributed by atoms with van der Waals surface area (Å²) in [6.07, 6.45) is 2.72. The molecule has 0 aliphatic rings. The topological polar surface area (TPSA) is 63.0 Å². The summed E-state index contributed by atoms with van der Waals surface area (Å²) < 4.78 is 18.3. The SMILES string of the molecule is CCOC(=O)/C(=C\c1ncccc1F)SC(C)=N. The van der Waals surface area contributed by atoms with E-state index in [1.165, 1.54) is 31.3 Å². The number of thioether (sulfide) groups is 1. The standard InChI is InChI=1S/C12H13FN2O2S/c1-3-17-12(16)11(18-8(2)14)7-10-9(13)5-4-6-15-10/h4-7,14H,3H2,1-2H3/b11-7+,14-8?. The number of esters is 1. The zero-order valence-corrected chi connectivity index (χ0v) is 10.9. The van der Waals surface area contributed by atoms with Crippen LogP contribution in [-0.4, -0.2) is 22.6 Å². The van der Waals surface area contributed by atoms with Gasteiger partial charge in [-0.25, -0.2) is 9.18 Å². The second-order valence-corrected chi connectivity index (χ2v) is 4.51. The Morgan fingerprint density at radius 2 is 2.39 bits per heavy atom. The largest absolute Gasteiger partial charge is 0.462 e. The molecule has 1 N–H and O–H groups in total. The van der Waals surface area contributed by atoms with Crippen LogP contribution >= 0.6 is 11.8 Å². The molecular weight excluding hydrogens is 255 g/mol. The van der Waals surface area contributed by atoms with Gasteiger partial charge in [0.25, 0.3) is 0 Å². The van der Waals surface area contributed by atoms with Crippen LogP contribution in [0.5, 0.6) is 0 Å². The second-order valence-electron chi connectivity index (χ2n) is 3.26. The van der Waals surface area contributed by atoms with Crippen LogP contribution in [-0.2, 0) is 9.53 Å². The maximum Gasteiger partial charge on any atom is 0.345 e. The average Bonchev–Trinajstić information content (AvgIpc) is 2.31. The van der Waals surface area contributed by atoms with E-state index in [0.29, 0.717) is 0 Å². The number of nitrogens with zero attached hydrogens (tertiary/aromatic N) is 1. The lowest BCUT2D eigenvalue weighted by molar-refractivity contribution is -0.137. The summed E-state index contributed by atoms with van der Waals surface area (Å²) in [6, 6.07) is 2.72. The van der Waals surface area contributed by atoms with Crippen LogP contribution in [0, 0.1) is 11.2 Å². The number of halogens is 1. The third-order valence-electron chi connectivity index (χ3n) is 1.79. The molecule has 1 rings (SSSR count). The molecule has 0 fully saturated rings. The van der Waals surface area contributed by atoms with Gasteiger partial charge in [0.2, 0.25) is 0 Å². The molecule has 0 aliphatic heterocycles. The van der Waals surface area contributed by atoms with E-state index in [9.17, 15) is 9.18 Å². The Kier molecular flexibility index (Phi) is 5.51. The van der Waals surface area contributed by atoms with Crippen LogP contribution in [0.1, 0.15) is 19.5 Å². The number of pyridine rings is 1. The van der Waals surface area contributed by atoms with Gasteiger partial charge in [-0.2, -0.15) is 0 Å². The van der Waals surface area contributed by atoms with Gasteiger partial charge < -0.3 is 4.74 Å². The number of nitrogens with one attached hydrogen (secondary N) is 1. The Hall–Kier alpha value is -1.69. The van der Waals surface area contributed by atoms with Crippen molar-refractivity contribution < 1.29 is 13.9 Å². The molecule has 0 atom stereocenters. The van der Waals surface area contributed by atoms with E-state index in [-0.39, 0.29) is 22.2 Å². The highest BCUT2D eigenvalue weighted by Gasteiger charge is 2.14. The number of hydrogen-bond donors (Lipinski definition) is 1. The van der Waals surface area contributed by atoms with E-state index in [4.69, 9.17) is 10.1 Å². The van der Waals surface area contributed by atoms with E-state index in [1.807, 2.05) is 0 Å². The van der Waals surface area contributed by atoms with Gasteiger partial charge in [0, 0.05) is 6.20 Å². The van der Waals surface area contributed by atoms with Crippen molar-refractivity contribution in [3.8, 4) is 0 Å². The van der Waals surface area contributed by atoms with Gasteiger partial charge in [-0.15, -0.1) is 0 Å². The summed E-state index contributed by atoms with van der Waals surface area (Å²) >= 11 is 0.914. The lowest BCUT2D eigenvalue weighted by atomic mass is 10.3. The lowest BCUT2D eigenvalue weighted by Crippen LogP contribution is -2.07. The molecule has 1 aromatic rings. The summed E-state index contributed by atoms with van der Waals surface area (Å²) in [5.41, 5.74) is 0.0503. The first kappa shape index (κ1) is 14.4. The molecule has 0 unspecified atom stereocenters. The van der Waals surface area contributed by atoms with E-state index in [2.05, 4.69) is 4.98 Å². The van der Waals surface area contributed by atoms with Crippen molar-refractivity contribution in [2.75, 3.05) is 6.61 Å². The fraction of sp³-hybridized carbons (Fsp3) is 0.250. The summed E-state index contributed by atoms with van der Waals surface area (Å²) in [6.45, 7) is 3.43. The summed E-state index contributed by atoms with van der Waals surface area (Å²) in [5, 5.41) is 7.58. The average molecular weight is 268 g/mol. The molecule has 0 amide bonds. The second kappa shape index (κ2) is 6.90. The van der Waals surface area contributed by atoms with Gasteiger partial charge in [0.05, 0.1) is 11.7 Å². The zero-order chi connectivity index (χ0) is 13.5. The molecular formula is C12H13FN2O2S. The lowest BCUT2D eigenvalue weighted by Gasteiger charge is -2.05. The zero-order valence-electron chi connectivity index (χ0n) is 10.1.